The summed E-state index contributed by atoms with van der Waals surface area (Å²) in [5.74, 6) is 0. The van der Waals surface area contributed by atoms with Crippen LogP contribution in [0.2, 0.25) is 0 Å². The van der Waals surface area contributed by atoms with Crippen LogP contribution in [0.1, 0.15) is 11.3 Å². The first-order valence-corrected chi connectivity index (χ1v) is 8.09. The van der Waals surface area contributed by atoms with Gasteiger partial charge >= 0.3 is 0 Å². The second kappa shape index (κ2) is 4.93. The van der Waals surface area contributed by atoms with Crippen LogP contribution < -0.4 is 5.56 Å². The Balaban J connectivity index is 1.98. The highest BCUT2D eigenvalue weighted by atomic mass is 16.1. The lowest BCUT2D eigenvalue weighted by Crippen LogP contribution is -2.08. The molecule has 2 aromatic carbocycles. The molecule has 0 radical (unpaired) electrons. The number of nitrogens with zero attached hydrogens (tertiary/aromatic N) is 2. The lowest BCUT2D eigenvalue weighted by Gasteiger charge is -2.19. The fraction of sp³-hybridized carbons (Fsp3) is 0.100. The SMILES string of the molecule is O=c1[nH]cnc2c1c1c(n2-c2ccccc2)CCc2ccccc2-1. The minimum atomic E-state index is -0.0809. The van der Waals surface area contributed by atoms with E-state index in [0.29, 0.717) is 5.39 Å². The van der Waals surface area contributed by atoms with Crippen LogP contribution in [0.15, 0.2) is 65.7 Å². The fourth-order valence-corrected chi connectivity index (χ4v) is 3.79. The molecule has 0 bridgehead atoms. The van der Waals surface area contributed by atoms with Gasteiger partial charge in [0, 0.05) is 16.9 Å². The average Bonchev–Trinajstić information content (AvgIpc) is 2.98. The van der Waals surface area contributed by atoms with E-state index in [1.54, 1.807) is 0 Å². The van der Waals surface area contributed by atoms with Crippen molar-refractivity contribution in [2.75, 3.05) is 0 Å². The number of hydrogen-bond donors (Lipinski definition) is 1. The molecular formula is C20H15N3O. The highest BCUT2D eigenvalue weighted by molar-refractivity contribution is 5.98. The molecule has 4 aromatic rings. The Labute approximate surface area is 138 Å². The summed E-state index contributed by atoms with van der Waals surface area (Å²) in [5, 5.41) is 0.684. The van der Waals surface area contributed by atoms with E-state index in [-0.39, 0.29) is 5.56 Å². The minimum Gasteiger partial charge on any atom is -0.312 e. The Morgan fingerprint density at radius 3 is 2.62 bits per heavy atom. The van der Waals surface area contributed by atoms with Crippen molar-refractivity contribution in [2.24, 2.45) is 0 Å². The molecule has 1 aliphatic carbocycles. The molecule has 0 fully saturated rings. The van der Waals surface area contributed by atoms with Gasteiger partial charge in [-0.2, -0.15) is 0 Å². The first-order valence-electron chi connectivity index (χ1n) is 8.09. The van der Waals surface area contributed by atoms with Gasteiger partial charge in [0.1, 0.15) is 0 Å². The molecule has 0 atom stereocenters. The Morgan fingerprint density at radius 1 is 0.958 bits per heavy atom. The van der Waals surface area contributed by atoms with Crippen molar-refractivity contribution in [3.8, 4) is 16.8 Å². The number of rotatable bonds is 1. The van der Waals surface area contributed by atoms with Crippen molar-refractivity contribution >= 4 is 11.0 Å². The predicted molar refractivity (Wildman–Crippen MR) is 94.5 cm³/mol. The van der Waals surface area contributed by atoms with Crippen molar-refractivity contribution in [1.29, 1.82) is 0 Å². The number of H-pyrrole nitrogens is 1. The standard InChI is InChI=1S/C20H15N3O/c24-20-18-17-15-9-5-4-6-13(15)10-11-16(17)23(19(18)21-12-22-20)14-7-2-1-3-8-14/h1-9,12H,10-11H2,(H,21,22,24). The molecule has 4 heteroatoms. The van der Waals surface area contributed by atoms with Crippen molar-refractivity contribution in [2.45, 2.75) is 12.8 Å². The summed E-state index contributed by atoms with van der Waals surface area (Å²) < 4.78 is 2.13. The average molecular weight is 313 g/mol. The van der Waals surface area contributed by atoms with Crippen LogP contribution in [-0.4, -0.2) is 14.5 Å². The third-order valence-electron chi connectivity index (χ3n) is 4.79. The topological polar surface area (TPSA) is 50.7 Å². The van der Waals surface area contributed by atoms with Crippen molar-refractivity contribution in [3.63, 3.8) is 0 Å². The van der Waals surface area contributed by atoms with Crippen molar-refractivity contribution < 1.29 is 0 Å². The summed E-state index contributed by atoms with van der Waals surface area (Å²) in [7, 11) is 0. The molecular weight excluding hydrogens is 298 g/mol. The van der Waals surface area contributed by atoms with Gasteiger partial charge in [-0.25, -0.2) is 4.98 Å². The van der Waals surface area contributed by atoms with Gasteiger partial charge in [-0.1, -0.05) is 42.5 Å². The number of para-hydroxylation sites is 1. The number of fused-ring (bicyclic) bond motifs is 5. The fourth-order valence-electron chi connectivity index (χ4n) is 3.79. The molecule has 0 spiro atoms. The smallest absolute Gasteiger partial charge is 0.260 e. The van der Waals surface area contributed by atoms with Gasteiger partial charge in [-0.05, 0) is 36.1 Å². The van der Waals surface area contributed by atoms with Gasteiger partial charge in [0.2, 0.25) is 0 Å². The Morgan fingerprint density at radius 2 is 1.75 bits per heavy atom. The third kappa shape index (κ3) is 1.74. The van der Waals surface area contributed by atoms with E-state index in [2.05, 4.69) is 44.9 Å². The van der Waals surface area contributed by atoms with Gasteiger partial charge < -0.3 is 4.98 Å². The molecule has 2 heterocycles. The Kier molecular flexibility index (Phi) is 2.73. The summed E-state index contributed by atoms with van der Waals surface area (Å²) in [4.78, 5) is 19.8. The maximum atomic E-state index is 12.6. The van der Waals surface area contributed by atoms with E-state index in [4.69, 9.17) is 0 Å². The second-order valence-electron chi connectivity index (χ2n) is 6.08. The van der Waals surface area contributed by atoms with E-state index >= 15 is 0 Å². The van der Waals surface area contributed by atoms with E-state index in [1.165, 1.54) is 17.6 Å². The maximum absolute atomic E-state index is 12.6. The predicted octanol–water partition coefficient (Wildman–Crippen LogP) is 3.48. The first kappa shape index (κ1) is 13.3. The summed E-state index contributed by atoms with van der Waals surface area (Å²) in [6.07, 6.45) is 3.36. The number of nitrogens with one attached hydrogen (secondary N) is 1. The highest BCUT2D eigenvalue weighted by Crippen LogP contribution is 2.40. The molecule has 116 valence electrons. The van der Waals surface area contributed by atoms with Crippen molar-refractivity contribution in [1.82, 2.24) is 14.5 Å². The molecule has 1 aliphatic rings. The van der Waals surface area contributed by atoms with Gasteiger partial charge in [0.15, 0.2) is 5.65 Å². The van der Waals surface area contributed by atoms with Crippen LogP contribution in [0.3, 0.4) is 0 Å². The van der Waals surface area contributed by atoms with Crippen LogP contribution >= 0.6 is 0 Å². The minimum absolute atomic E-state index is 0.0809. The summed E-state index contributed by atoms with van der Waals surface area (Å²) >= 11 is 0. The van der Waals surface area contributed by atoms with Gasteiger partial charge in [0.25, 0.3) is 5.56 Å². The number of aromatic nitrogens is 3. The number of aromatic amines is 1. The first-order chi connectivity index (χ1) is 11.8. The zero-order chi connectivity index (χ0) is 16.1. The maximum Gasteiger partial charge on any atom is 0.260 e. The lowest BCUT2D eigenvalue weighted by molar-refractivity contribution is 0.860. The molecule has 2 aromatic heterocycles. The van der Waals surface area contributed by atoms with Gasteiger partial charge in [-0.15, -0.1) is 0 Å². The quantitative estimate of drug-likeness (QED) is 0.585. The summed E-state index contributed by atoms with van der Waals surface area (Å²) in [5.41, 5.74) is 6.33. The highest BCUT2D eigenvalue weighted by Gasteiger charge is 2.26. The Bertz CT molecular complexity index is 1120. The van der Waals surface area contributed by atoms with Crippen LogP contribution in [0.25, 0.3) is 27.8 Å². The van der Waals surface area contributed by atoms with Crippen LogP contribution in [0.4, 0.5) is 0 Å². The number of hydrogen-bond acceptors (Lipinski definition) is 2. The van der Waals surface area contributed by atoms with Crippen LogP contribution in [-0.2, 0) is 12.8 Å². The molecule has 0 unspecified atom stereocenters. The molecule has 0 aliphatic heterocycles. The molecule has 0 saturated carbocycles. The van der Waals surface area contributed by atoms with Crippen molar-refractivity contribution in [3.05, 3.63) is 82.5 Å². The van der Waals surface area contributed by atoms with E-state index < -0.39 is 0 Å². The zero-order valence-corrected chi connectivity index (χ0v) is 13.0. The van der Waals surface area contributed by atoms with E-state index in [9.17, 15) is 4.79 Å². The Hall–Kier alpha value is -3.14. The summed E-state index contributed by atoms with van der Waals surface area (Å²) in [6.45, 7) is 0. The van der Waals surface area contributed by atoms with Crippen LogP contribution in [0.5, 0.6) is 0 Å². The second-order valence-corrected chi connectivity index (χ2v) is 6.08. The normalized spacial score (nSPS) is 12.8. The monoisotopic (exact) mass is 313 g/mol. The van der Waals surface area contributed by atoms with E-state index in [0.717, 1.165) is 35.3 Å². The molecule has 4 nitrogen and oxygen atoms in total. The van der Waals surface area contributed by atoms with Crippen LogP contribution in [0, 0.1) is 0 Å². The molecule has 5 rings (SSSR count). The van der Waals surface area contributed by atoms with Gasteiger partial charge in [-0.3, -0.25) is 9.36 Å². The lowest BCUT2D eigenvalue weighted by atomic mass is 9.88. The molecule has 0 amide bonds. The summed E-state index contributed by atoms with van der Waals surface area (Å²) in [6, 6.07) is 18.5. The largest absolute Gasteiger partial charge is 0.312 e. The molecule has 1 N–H and O–H groups in total. The van der Waals surface area contributed by atoms with Gasteiger partial charge in [0.05, 0.1) is 11.7 Å². The zero-order valence-electron chi connectivity index (χ0n) is 13.0. The third-order valence-corrected chi connectivity index (χ3v) is 4.79. The van der Waals surface area contributed by atoms with E-state index in [1.807, 2.05) is 24.3 Å². The molecule has 0 saturated heterocycles. The number of benzene rings is 2. The molecule has 24 heavy (non-hydrogen) atoms. The number of aryl methyl sites for hydroxylation is 1.